The van der Waals surface area contributed by atoms with Gasteiger partial charge in [-0.25, -0.2) is 9.97 Å². The summed E-state index contributed by atoms with van der Waals surface area (Å²) in [5.41, 5.74) is 2.21. The molecule has 1 aliphatic heterocycles. The Balaban J connectivity index is 1.70. The molecule has 5 rings (SSSR count). The summed E-state index contributed by atoms with van der Waals surface area (Å²) in [6.07, 6.45) is 4.22. The topological polar surface area (TPSA) is 97.0 Å². The molecule has 172 valence electrons. The maximum absolute atomic E-state index is 13.3. The zero-order valence-corrected chi connectivity index (χ0v) is 19.5. The summed E-state index contributed by atoms with van der Waals surface area (Å²) in [4.78, 5) is 36.6. The fraction of sp³-hybridized carbons (Fsp3) is 0.200. The molecule has 4 heterocycles. The second kappa shape index (κ2) is 8.75. The predicted molar refractivity (Wildman–Crippen MR) is 129 cm³/mol. The number of nitrogens with zero attached hydrogens (tertiary/aromatic N) is 4. The monoisotopic (exact) mass is 474 g/mol. The predicted octanol–water partition coefficient (Wildman–Crippen LogP) is 4.51. The lowest BCUT2D eigenvalue weighted by Gasteiger charge is -2.23. The number of ketones is 1. The number of anilines is 1. The maximum Gasteiger partial charge on any atom is 0.301 e. The van der Waals surface area contributed by atoms with E-state index in [9.17, 15) is 14.7 Å². The molecule has 0 aliphatic carbocycles. The number of aliphatic hydroxyl groups is 1. The van der Waals surface area contributed by atoms with Crippen LogP contribution in [0.1, 0.15) is 36.3 Å². The number of aryl methyl sites for hydroxylation is 1. The van der Waals surface area contributed by atoms with Crippen LogP contribution >= 0.6 is 11.3 Å². The molecule has 8 nitrogen and oxygen atoms in total. The highest BCUT2D eigenvalue weighted by atomic mass is 32.1. The fourth-order valence-corrected chi connectivity index (χ4v) is 4.84. The number of amides is 1. The third kappa shape index (κ3) is 3.54. The molecule has 0 saturated carbocycles. The molecular formula is C25H22N4O4S. The van der Waals surface area contributed by atoms with E-state index in [-0.39, 0.29) is 11.3 Å². The number of ether oxygens (including phenoxy) is 1. The van der Waals surface area contributed by atoms with Gasteiger partial charge in [0.1, 0.15) is 17.1 Å². The van der Waals surface area contributed by atoms with Gasteiger partial charge in [0.25, 0.3) is 5.78 Å². The molecule has 34 heavy (non-hydrogen) atoms. The standard InChI is InChI=1S/C25H22N4O4S/c1-3-13-33-17-9-7-16(8-10-17)21-19(23(31)24(32)29(21)25-26-11-14-34-25)22(30)20-15(2)27-18-6-4-5-12-28(18)20/h4-12,14,21,30H,3,13H2,1-2H3. The Labute approximate surface area is 199 Å². The van der Waals surface area contributed by atoms with Crippen molar-refractivity contribution in [1.82, 2.24) is 14.4 Å². The van der Waals surface area contributed by atoms with Crippen LogP contribution in [0.4, 0.5) is 5.13 Å². The molecule has 1 aromatic carbocycles. The Morgan fingerprint density at radius 3 is 2.68 bits per heavy atom. The minimum absolute atomic E-state index is 0.00354. The number of thiazole rings is 1. The minimum Gasteiger partial charge on any atom is -0.505 e. The number of aromatic nitrogens is 3. The Hall–Kier alpha value is -3.98. The van der Waals surface area contributed by atoms with Crippen molar-refractivity contribution in [1.29, 1.82) is 0 Å². The van der Waals surface area contributed by atoms with Crippen molar-refractivity contribution >= 4 is 39.6 Å². The smallest absolute Gasteiger partial charge is 0.301 e. The number of benzene rings is 1. The first-order valence-corrected chi connectivity index (χ1v) is 11.8. The molecular weight excluding hydrogens is 452 g/mol. The van der Waals surface area contributed by atoms with Crippen molar-refractivity contribution in [3.63, 3.8) is 0 Å². The van der Waals surface area contributed by atoms with Crippen LogP contribution in [0.2, 0.25) is 0 Å². The first kappa shape index (κ1) is 21.8. The fourth-order valence-electron chi connectivity index (χ4n) is 4.17. The second-order valence-electron chi connectivity index (χ2n) is 7.88. The van der Waals surface area contributed by atoms with Gasteiger partial charge in [-0.2, -0.15) is 0 Å². The summed E-state index contributed by atoms with van der Waals surface area (Å²) in [6, 6.07) is 11.8. The van der Waals surface area contributed by atoms with Gasteiger partial charge >= 0.3 is 5.91 Å². The Kier molecular flexibility index (Phi) is 5.62. The van der Waals surface area contributed by atoms with Crippen molar-refractivity contribution in [2.24, 2.45) is 0 Å². The Bertz CT molecular complexity index is 1410. The number of fused-ring (bicyclic) bond motifs is 1. The van der Waals surface area contributed by atoms with Gasteiger partial charge in [-0.3, -0.25) is 18.9 Å². The molecule has 1 saturated heterocycles. The Morgan fingerprint density at radius 1 is 1.18 bits per heavy atom. The summed E-state index contributed by atoms with van der Waals surface area (Å²) >= 11 is 1.25. The molecule has 1 atom stereocenters. The van der Waals surface area contributed by atoms with Crippen LogP contribution in [-0.2, 0) is 9.59 Å². The zero-order chi connectivity index (χ0) is 23.8. The third-order valence-electron chi connectivity index (χ3n) is 5.67. The van der Waals surface area contributed by atoms with E-state index in [0.29, 0.717) is 40.1 Å². The number of aliphatic hydroxyl groups excluding tert-OH is 1. The van der Waals surface area contributed by atoms with Crippen LogP contribution in [0.25, 0.3) is 11.4 Å². The van der Waals surface area contributed by atoms with Crippen LogP contribution in [0.5, 0.6) is 5.75 Å². The van der Waals surface area contributed by atoms with E-state index in [2.05, 4.69) is 9.97 Å². The Morgan fingerprint density at radius 2 is 1.97 bits per heavy atom. The quantitative estimate of drug-likeness (QED) is 0.251. The van der Waals surface area contributed by atoms with Gasteiger partial charge in [0.15, 0.2) is 10.9 Å². The number of carbonyl (C=O) groups excluding carboxylic acids is 2. The van der Waals surface area contributed by atoms with Crippen molar-refractivity contribution in [3.8, 4) is 5.75 Å². The van der Waals surface area contributed by atoms with Gasteiger partial charge < -0.3 is 9.84 Å². The number of hydrogen-bond acceptors (Lipinski definition) is 7. The molecule has 0 bridgehead atoms. The van der Waals surface area contributed by atoms with Gasteiger partial charge in [0.05, 0.1) is 23.9 Å². The van der Waals surface area contributed by atoms with E-state index in [0.717, 1.165) is 6.42 Å². The molecule has 1 amide bonds. The minimum atomic E-state index is -0.847. The molecule has 1 N–H and O–H groups in total. The summed E-state index contributed by atoms with van der Waals surface area (Å²) in [6.45, 7) is 4.37. The van der Waals surface area contributed by atoms with E-state index < -0.39 is 17.7 Å². The second-order valence-corrected chi connectivity index (χ2v) is 8.75. The van der Waals surface area contributed by atoms with E-state index in [4.69, 9.17) is 4.74 Å². The van der Waals surface area contributed by atoms with Gasteiger partial charge in [-0.15, -0.1) is 11.3 Å². The summed E-state index contributed by atoms with van der Waals surface area (Å²) in [7, 11) is 0. The van der Waals surface area contributed by atoms with Crippen LogP contribution < -0.4 is 9.64 Å². The molecule has 0 radical (unpaired) electrons. The molecule has 3 aromatic heterocycles. The van der Waals surface area contributed by atoms with Gasteiger partial charge in [-0.05, 0) is 43.2 Å². The third-order valence-corrected chi connectivity index (χ3v) is 6.44. The number of hydrogen-bond donors (Lipinski definition) is 1. The first-order chi connectivity index (χ1) is 16.5. The van der Waals surface area contributed by atoms with Gasteiger partial charge in [0.2, 0.25) is 0 Å². The summed E-state index contributed by atoms with van der Waals surface area (Å²) < 4.78 is 7.39. The van der Waals surface area contributed by atoms with Crippen molar-refractivity contribution in [3.05, 3.63) is 82.8 Å². The number of rotatable bonds is 6. The van der Waals surface area contributed by atoms with E-state index >= 15 is 0 Å². The highest BCUT2D eigenvalue weighted by molar-refractivity contribution is 7.14. The molecule has 1 unspecified atom stereocenters. The summed E-state index contributed by atoms with van der Waals surface area (Å²) in [5, 5.41) is 13.6. The van der Waals surface area contributed by atoms with E-state index in [1.165, 1.54) is 16.2 Å². The number of imidazole rings is 1. The van der Waals surface area contributed by atoms with Crippen molar-refractivity contribution in [2.75, 3.05) is 11.5 Å². The molecule has 1 aliphatic rings. The van der Waals surface area contributed by atoms with Crippen LogP contribution in [0, 0.1) is 6.92 Å². The average Bonchev–Trinajstić information content (AvgIpc) is 3.54. The maximum atomic E-state index is 13.3. The highest BCUT2D eigenvalue weighted by Crippen LogP contribution is 2.43. The number of Topliss-reactive ketones (excluding diaryl/α,β-unsaturated/α-hetero) is 1. The summed E-state index contributed by atoms with van der Waals surface area (Å²) in [5.74, 6) is -1.09. The number of pyridine rings is 1. The molecule has 1 fully saturated rings. The van der Waals surface area contributed by atoms with E-state index in [1.54, 1.807) is 53.4 Å². The van der Waals surface area contributed by atoms with Crippen molar-refractivity contribution in [2.45, 2.75) is 26.3 Å². The normalized spacial score (nSPS) is 17.6. The molecule has 9 heteroatoms. The number of carbonyl (C=O) groups is 2. The zero-order valence-electron chi connectivity index (χ0n) is 18.6. The lowest BCUT2D eigenvalue weighted by Crippen LogP contribution is -2.29. The largest absolute Gasteiger partial charge is 0.505 e. The molecule has 0 spiro atoms. The highest BCUT2D eigenvalue weighted by Gasteiger charge is 2.48. The van der Waals surface area contributed by atoms with Crippen LogP contribution in [0.15, 0.2) is 65.8 Å². The SMILES string of the molecule is CCCOc1ccc(C2C(=C(O)c3c(C)nc4ccccn34)C(=O)C(=O)N2c2nccs2)cc1. The average molecular weight is 475 g/mol. The lowest BCUT2D eigenvalue weighted by atomic mass is 9.96. The van der Waals surface area contributed by atoms with E-state index in [1.807, 2.05) is 25.1 Å². The van der Waals surface area contributed by atoms with Crippen LogP contribution in [-0.4, -0.2) is 37.8 Å². The van der Waals surface area contributed by atoms with Crippen LogP contribution in [0.3, 0.4) is 0 Å². The van der Waals surface area contributed by atoms with Gasteiger partial charge in [0, 0.05) is 17.8 Å². The molecule has 4 aromatic rings. The first-order valence-electron chi connectivity index (χ1n) is 10.9. The lowest BCUT2D eigenvalue weighted by molar-refractivity contribution is -0.132. The van der Waals surface area contributed by atoms with Crippen molar-refractivity contribution < 1.29 is 19.4 Å². The van der Waals surface area contributed by atoms with Gasteiger partial charge in [-0.1, -0.05) is 25.1 Å².